The first-order chi connectivity index (χ1) is 18.4. The van der Waals surface area contributed by atoms with E-state index >= 15 is 0 Å². The van der Waals surface area contributed by atoms with Crippen LogP contribution in [0.15, 0.2) is 97.1 Å². The molecule has 2 nitrogen and oxygen atoms in total. The Morgan fingerprint density at radius 3 is 1.95 bits per heavy atom. The van der Waals surface area contributed by atoms with Crippen LogP contribution in [-0.4, -0.2) is 10.0 Å². The van der Waals surface area contributed by atoms with E-state index in [4.69, 9.17) is 0 Å². The molecule has 0 bridgehead atoms. The fourth-order valence-electron chi connectivity index (χ4n) is 5.55. The van der Waals surface area contributed by atoms with Crippen LogP contribution in [0.3, 0.4) is 0 Å². The van der Waals surface area contributed by atoms with Gasteiger partial charge in [-0.3, -0.25) is 4.90 Å². The summed E-state index contributed by atoms with van der Waals surface area (Å²) >= 11 is 0. The zero-order chi connectivity index (χ0) is 27.0. The zero-order valence-corrected chi connectivity index (χ0v) is 24.4. The Labute approximate surface area is 231 Å². The molecule has 4 aromatic rings. The second-order valence-corrected chi connectivity index (χ2v) is 12.3. The first kappa shape index (κ1) is 28.1. The number of benzene rings is 4. The molecule has 198 valence electrons. The summed E-state index contributed by atoms with van der Waals surface area (Å²) < 4.78 is 0. The standard InChI is InChI=1S/C35H42NOP/c1-5-22-35(6-2,32-23-27(3)20-21-33(32)37)38-34-28(4)14-13-19-31(34)26-36(24-29-15-9-7-10-16-29)25-30-17-11-8-12-18-30/h7-21,23,37-38H,5-6,22,24-26H2,1-4H3. The molecule has 0 heterocycles. The molecule has 0 aliphatic rings. The smallest absolute Gasteiger partial charge is 0.119 e. The Morgan fingerprint density at radius 2 is 1.37 bits per heavy atom. The normalized spacial score (nSPS) is 13.3. The monoisotopic (exact) mass is 523 g/mol. The quantitative estimate of drug-likeness (QED) is 0.188. The number of nitrogens with zero attached hydrogens (tertiary/aromatic N) is 1. The van der Waals surface area contributed by atoms with Crippen molar-refractivity contribution < 1.29 is 5.11 Å². The van der Waals surface area contributed by atoms with Gasteiger partial charge in [-0.2, -0.15) is 0 Å². The molecule has 2 atom stereocenters. The van der Waals surface area contributed by atoms with Crippen LogP contribution < -0.4 is 5.30 Å². The molecule has 2 unspecified atom stereocenters. The summed E-state index contributed by atoms with van der Waals surface area (Å²) in [5, 5.41) is 12.4. The lowest BCUT2D eigenvalue weighted by Gasteiger charge is -2.36. The number of aromatic hydroxyl groups is 1. The van der Waals surface area contributed by atoms with E-state index in [0.29, 0.717) is 14.3 Å². The van der Waals surface area contributed by atoms with Gasteiger partial charge in [0.2, 0.25) is 0 Å². The molecular weight excluding hydrogens is 481 g/mol. The summed E-state index contributed by atoms with van der Waals surface area (Å²) in [6, 6.07) is 34.5. The van der Waals surface area contributed by atoms with Crippen LogP contribution in [0.25, 0.3) is 0 Å². The molecule has 0 spiro atoms. The van der Waals surface area contributed by atoms with Crippen LogP contribution in [0.5, 0.6) is 5.75 Å². The van der Waals surface area contributed by atoms with E-state index in [2.05, 4.69) is 118 Å². The molecule has 0 fully saturated rings. The predicted octanol–water partition coefficient (Wildman–Crippen LogP) is 8.62. The van der Waals surface area contributed by atoms with E-state index in [0.717, 1.165) is 44.5 Å². The number of phenolic OH excluding ortho intramolecular Hbond substituents is 1. The molecule has 0 radical (unpaired) electrons. The molecule has 38 heavy (non-hydrogen) atoms. The fourth-order valence-corrected chi connectivity index (χ4v) is 7.52. The molecular formula is C35H42NOP. The second kappa shape index (κ2) is 13.2. The van der Waals surface area contributed by atoms with Gasteiger partial charge >= 0.3 is 0 Å². The van der Waals surface area contributed by atoms with Gasteiger partial charge in [-0.15, -0.1) is 0 Å². The third kappa shape index (κ3) is 6.93. The Kier molecular flexibility index (Phi) is 9.78. The number of hydrogen-bond acceptors (Lipinski definition) is 2. The summed E-state index contributed by atoms with van der Waals surface area (Å²) in [4.78, 5) is 2.56. The lowest BCUT2D eigenvalue weighted by molar-refractivity contribution is 0.248. The van der Waals surface area contributed by atoms with Gasteiger partial charge in [-0.05, 0) is 60.3 Å². The van der Waals surface area contributed by atoms with E-state index in [-0.39, 0.29) is 5.16 Å². The van der Waals surface area contributed by atoms with Gasteiger partial charge in [-0.1, -0.05) is 125 Å². The minimum Gasteiger partial charge on any atom is -0.508 e. The van der Waals surface area contributed by atoms with Gasteiger partial charge in [0.15, 0.2) is 0 Å². The van der Waals surface area contributed by atoms with Gasteiger partial charge in [0.25, 0.3) is 0 Å². The number of hydrogen-bond donors (Lipinski definition) is 1. The average molecular weight is 524 g/mol. The predicted molar refractivity (Wildman–Crippen MR) is 165 cm³/mol. The number of rotatable bonds is 12. The van der Waals surface area contributed by atoms with E-state index in [9.17, 15) is 5.11 Å². The van der Waals surface area contributed by atoms with Gasteiger partial charge in [0, 0.05) is 30.4 Å². The van der Waals surface area contributed by atoms with Crippen LogP contribution in [0.2, 0.25) is 0 Å². The summed E-state index contributed by atoms with van der Waals surface area (Å²) in [6.07, 6.45) is 3.15. The van der Waals surface area contributed by atoms with Gasteiger partial charge in [0.05, 0.1) is 0 Å². The highest BCUT2D eigenvalue weighted by atomic mass is 31.1. The molecule has 3 heteroatoms. The van der Waals surface area contributed by atoms with Gasteiger partial charge in [-0.25, -0.2) is 0 Å². The molecule has 0 saturated carbocycles. The highest BCUT2D eigenvalue weighted by Gasteiger charge is 2.34. The fraction of sp³-hybridized carbons (Fsp3) is 0.314. The van der Waals surface area contributed by atoms with E-state index < -0.39 is 0 Å². The third-order valence-corrected chi connectivity index (χ3v) is 9.88. The van der Waals surface area contributed by atoms with E-state index in [1.54, 1.807) is 0 Å². The first-order valence-corrected chi connectivity index (χ1v) is 14.9. The topological polar surface area (TPSA) is 23.5 Å². The highest BCUT2D eigenvalue weighted by Crippen LogP contribution is 2.51. The summed E-state index contributed by atoms with van der Waals surface area (Å²) in [7, 11) is 0.589. The van der Waals surface area contributed by atoms with Crippen LogP contribution in [0.4, 0.5) is 0 Å². The highest BCUT2D eigenvalue weighted by molar-refractivity contribution is 7.48. The number of phenols is 1. The van der Waals surface area contributed by atoms with Crippen molar-refractivity contribution in [3.63, 3.8) is 0 Å². The summed E-state index contributed by atoms with van der Waals surface area (Å²) in [6.45, 7) is 11.6. The van der Waals surface area contributed by atoms with Crippen molar-refractivity contribution in [1.29, 1.82) is 0 Å². The zero-order valence-electron chi connectivity index (χ0n) is 23.4. The summed E-state index contributed by atoms with van der Waals surface area (Å²) in [5.74, 6) is 0.434. The number of aryl methyl sites for hydroxylation is 2. The van der Waals surface area contributed by atoms with Crippen molar-refractivity contribution in [2.24, 2.45) is 0 Å². The van der Waals surface area contributed by atoms with Gasteiger partial charge in [0.1, 0.15) is 5.75 Å². The Hall–Kier alpha value is -2.93. The van der Waals surface area contributed by atoms with Crippen molar-refractivity contribution in [2.45, 2.75) is 71.7 Å². The summed E-state index contributed by atoms with van der Waals surface area (Å²) in [5.41, 5.74) is 7.73. The maximum absolute atomic E-state index is 11.0. The van der Waals surface area contributed by atoms with Crippen LogP contribution in [0.1, 0.15) is 66.5 Å². The lowest BCUT2D eigenvalue weighted by Crippen LogP contribution is -2.28. The Bertz CT molecular complexity index is 1260. The van der Waals surface area contributed by atoms with Crippen LogP contribution in [-0.2, 0) is 24.8 Å². The van der Waals surface area contributed by atoms with Crippen molar-refractivity contribution >= 4 is 13.9 Å². The minimum atomic E-state index is -0.0740. The molecule has 4 aromatic carbocycles. The van der Waals surface area contributed by atoms with Crippen molar-refractivity contribution in [2.75, 3.05) is 0 Å². The largest absolute Gasteiger partial charge is 0.508 e. The van der Waals surface area contributed by atoms with E-state index in [1.807, 2.05) is 12.1 Å². The van der Waals surface area contributed by atoms with Gasteiger partial charge < -0.3 is 5.11 Å². The van der Waals surface area contributed by atoms with Crippen molar-refractivity contribution in [3.05, 3.63) is 130 Å². The minimum absolute atomic E-state index is 0.0740. The van der Waals surface area contributed by atoms with Crippen molar-refractivity contribution in [3.8, 4) is 5.75 Å². The third-order valence-electron chi connectivity index (χ3n) is 7.56. The van der Waals surface area contributed by atoms with Crippen LogP contribution >= 0.6 is 8.58 Å². The lowest BCUT2D eigenvalue weighted by atomic mass is 9.89. The SMILES string of the molecule is CCCC(CC)(Pc1c(C)cccc1CN(Cc1ccccc1)Cc1ccccc1)c1cc(C)ccc1O. The maximum atomic E-state index is 11.0. The Morgan fingerprint density at radius 1 is 0.737 bits per heavy atom. The molecule has 0 aliphatic carbocycles. The maximum Gasteiger partial charge on any atom is 0.119 e. The average Bonchev–Trinajstić information content (AvgIpc) is 2.92. The van der Waals surface area contributed by atoms with Crippen molar-refractivity contribution in [1.82, 2.24) is 4.90 Å². The molecule has 0 aliphatic heterocycles. The first-order valence-electron chi connectivity index (χ1n) is 13.9. The molecule has 0 aromatic heterocycles. The molecule has 1 N–H and O–H groups in total. The van der Waals surface area contributed by atoms with Crippen LogP contribution in [0, 0.1) is 13.8 Å². The second-order valence-electron chi connectivity index (χ2n) is 10.6. The molecule has 0 amide bonds. The molecule has 0 saturated heterocycles. The molecule has 4 rings (SSSR count). The Balaban J connectivity index is 1.72. The van der Waals surface area contributed by atoms with E-state index in [1.165, 1.54) is 33.1 Å².